The van der Waals surface area contributed by atoms with Gasteiger partial charge in [-0.3, -0.25) is 4.79 Å². The molecule has 0 aliphatic heterocycles. The third kappa shape index (κ3) is 6.54. The van der Waals surface area contributed by atoms with Crippen LogP contribution >= 0.6 is 0 Å². The molecule has 3 N–H and O–H groups in total. The molecule has 7 nitrogen and oxygen atoms in total. The number of amides is 1. The monoisotopic (exact) mass is 314 g/mol. The molecular weight excluding hydrogens is 292 g/mol. The molecule has 0 bridgehead atoms. The standard InChI is InChI=1S/C13H22N4O3S/c1-5-14-10-6-7-11(15-8-10)12(18)16-9-13(2,3)17-21(4,19)20/h6-8,14,17H,5,9H2,1-4H3,(H,16,18). The fraction of sp³-hybridized carbons (Fsp3) is 0.538. The van der Waals surface area contributed by atoms with E-state index in [9.17, 15) is 13.2 Å². The first-order valence-corrected chi connectivity index (χ1v) is 8.49. The molecule has 8 heteroatoms. The Morgan fingerprint density at radius 2 is 2.00 bits per heavy atom. The second-order valence-electron chi connectivity index (χ2n) is 5.40. The fourth-order valence-electron chi connectivity index (χ4n) is 1.77. The Morgan fingerprint density at radius 1 is 1.33 bits per heavy atom. The van der Waals surface area contributed by atoms with Crippen molar-refractivity contribution in [3.05, 3.63) is 24.0 Å². The maximum Gasteiger partial charge on any atom is 0.269 e. The number of carbonyl (C=O) groups excluding carboxylic acids is 1. The van der Waals surface area contributed by atoms with E-state index in [1.54, 1.807) is 32.2 Å². The summed E-state index contributed by atoms with van der Waals surface area (Å²) in [6, 6.07) is 3.38. The molecule has 1 aromatic heterocycles. The van der Waals surface area contributed by atoms with Gasteiger partial charge in [-0.2, -0.15) is 0 Å². The predicted octanol–water partition coefficient (Wildman–Crippen LogP) is 0.571. The van der Waals surface area contributed by atoms with E-state index < -0.39 is 15.6 Å². The van der Waals surface area contributed by atoms with E-state index in [-0.39, 0.29) is 18.1 Å². The van der Waals surface area contributed by atoms with Gasteiger partial charge in [-0.1, -0.05) is 0 Å². The Kier molecular flexibility index (Phi) is 5.68. The quantitative estimate of drug-likeness (QED) is 0.683. The van der Waals surface area contributed by atoms with Gasteiger partial charge in [0.25, 0.3) is 5.91 Å². The minimum Gasteiger partial charge on any atom is -0.384 e. The first-order chi connectivity index (χ1) is 9.63. The summed E-state index contributed by atoms with van der Waals surface area (Å²) in [7, 11) is -3.33. The van der Waals surface area contributed by atoms with Crippen molar-refractivity contribution >= 4 is 21.6 Å². The van der Waals surface area contributed by atoms with Crippen molar-refractivity contribution in [1.29, 1.82) is 0 Å². The first kappa shape index (κ1) is 17.4. The Hall–Kier alpha value is -1.67. The van der Waals surface area contributed by atoms with Crippen molar-refractivity contribution in [2.24, 2.45) is 0 Å². The summed E-state index contributed by atoms with van der Waals surface area (Å²) in [4.78, 5) is 16.0. The highest BCUT2D eigenvalue weighted by atomic mass is 32.2. The van der Waals surface area contributed by atoms with Gasteiger partial charge in [0.2, 0.25) is 10.0 Å². The lowest BCUT2D eigenvalue weighted by atomic mass is 10.1. The summed E-state index contributed by atoms with van der Waals surface area (Å²) in [5.41, 5.74) is 0.354. The van der Waals surface area contributed by atoms with E-state index in [0.29, 0.717) is 0 Å². The van der Waals surface area contributed by atoms with Crippen LogP contribution in [-0.4, -0.2) is 44.2 Å². The van der Waals surface area contributed by atoms with Crippen molar-refractivity contribution < 1.29 is 13.2 Å². The van der Waals surface area contributed by atoms with Crippen molar-refractivity contribution in [2.75, 3.05) is 24.7 Å². The van der Waals surface area contributed by atoms with Crippen LogP contribution in [0.4, 0.5) is 5.69 Å². The molecule has 0 spiro atoms. The van der Waals surface area contributed by atoms with Crippen LogP contribution in [0.1, 0.15) is 31.3 Å². The molecule has 1 amide bonds. The molecule has 0 aromatic carbocycles. The highest BCUT2D eigenvalue weighted by Crippen LogP contribution is 2.06. The molecule has 0 aliphatic rings. The normalized spacial score (nSPS) is 12.0. The Bertz CT molecular complexity index is 582. The molecule has 0 radical (unpaired) electrons. The number of nitrogens with zero attached hydrogens (tertiary/aromatic N) is 1. The topological polar surface area (TPSA) is 100 Å². The molecule has 0 fully saturated rings. The fourth-order valence-corrected chi connectivity index (χ4v) is 2.84. The van der Waals surface area contributed by atoms with Crippen LogP contribution in [0.25, 0.3) is 0 Å². The van der Waals surface area contributed by atoms with Gasteiger partial charge >= 0.3 is 0 Å². The Labute approximate surface area is 125 Å². The second-order valence-corrected chi connectivity index (χ2v) is 7.15. The Morgan fingerprint density at radius 3 is 2.48 bits per heavy atom. The summed E-state index contributed by atoms with van der Waals surface area (Å²) >= 11 is 0. The number of carbonyl (C=O) groups is 1. The van der Waals surface area contributed by atoms with E-state index >= 15 is 0 Å². The van der Waals surface area contributed by atoms with Crippen LogP contribution in [0.3, 0.4) is 0 Å². The van der Waals surface area contributed by atoms with E-state index in [4.69, 9.17) is 0 Å². The Balaban J connectivity index is 2.61. The number of hydrogen-bond acceptors (Lipinski definition) is 5. The van der Waals surface area contributed by atoms with Crippen molar-refractivity contribution in [3.63, 3.8) is 0 Å². The summed E-state index contributed by atoms with van der Waals surface area (Å²) in [6.07, 6.45) is 2.66. The minimum atomic E-state index is -3.33. The third-order valence-electron chi connectivity index (χ3n) is 2.53. The molecule has 0 atom stereocenters. The maximum absolute atomic E-state index is 12.0. The van der Waals surface area contributed by atoms with E-state index in [2.05, 4.69) is 20.3 Å². The van der Waals surface area contributed by atoms with Gasteiger partial charge in [-0.15, -0.1) is 0 Å². The SMILES string of the molecule is CCNc1ccc(C(=O)NCC(C)(C)NS(C)(=O)=O)nc1. The number of aromatic nitrogens is 1. The molecule has 0 unspecified atom stereocenters. The van der Waals surface area contributed by atoms with Crippen LogP contribution < -0.4 is 15.4 Å². The number of anilines is 1. The first-order valence-electron chi connectivity index (χ1n) is 6.60. The summed E-state index contributed by atoms with van der Waals surface area (Å²) in [5, 5.41) is 5.75. The second kappa shape index (κ2) is 6.86. The summed E-state index contributed by atoms with van der Waals surface area (Å²) < 4.78 is 24.9. The molecule has 21 heavy (non-hydrogen) atoms. The minimum absolute atomic E-state index is 0.162. The number of rotatable bonds is 7. The zero-order valence-corrected chi connectivity index (χ0v) is 13.5. The van der Waals surface area contributed by atoms with Gasteiger partial charge in [0.1, 0.15) is 5.69 Å². The lowest BCUT2D eigenvalue weighted by Gasteiger charge is -2.25. The molecule has 0 saturated carbocycles. The number of hydrogen-bond donors (Lipinski definition) is 3. The van der Waals surface area contributed by atoms with Crippen LogP contribution in [0.5, 0.6) is 0 Å². The molecule has 1 aromatic rings. The average Bonchev–Trinajstić information content (AvgIpc) is 2.34. The zero-order valence-electron chi connectivity index (χ0n) is 12.7. The van der Waals surface area contributed by atoms with Gasteiger partial charge in [0.05, 0.1) is 18.1 Å². The zero-order chi connectivity index (χ0) is 16.1. The van der Waals surface area contributed by atoms with Gasteiger partial charge in [-0.05, 0) is 32.9 Å². The van der Waals surface area contributed by atoms with E-state index in [1.165, 1.54) is 0 Å². The highest BCUT2D eigenvalue weighted by molar-refractivity contribution is 7.88. The largest absolute Gasteiger partial charge is 0.384 e. The van der Waals surface area contributed by atoms with E-state index in [1.807, 2.05) is 6.92 Å². The van der Waals surface area contributed by atoms with Crippen molar-refractivity contribution in [3.8, 4) is 0 Å². The lowest BCUT2D eigenvalue weighted by molar-refractivity contribution is 0.0939. The van der Waals surface area contributed by atoms with Crippen molar-refractivity contribution in [1.82, 2.24) is 15.0 Å². The molecule has 0 aliphatic carbocycles. The van der Waals surface area contributed by atoms with Gasteiger partial charge < -0.3 is 10.6 Å². The smallest absolute Gasteiger partial charge is 0.269 e. The molecular formula is C13H22N4O3S. The number of nitrogens with one attached hydrogen (secondary N) is 3. The van der Waals surface area contributed by atoms with Crippen molar-refractivity contribution in [2.45, 2.75) is 26.3 Å². The molecule has 0 saturated heterocycles. The molecule has 1 heterocycles. The summed E-state index contributed by atoms with van der Waals surface area (Å²) in [5.74, 6) is -0.346. The number of sulfonamides is 1. The van der Waals surface area contributed by atoms with Gasteiger partial charge in [-0.25, -0.2) is 18.1 Å². The average molecular weight is 314 g/mol. The van der Waals surface area contributed by atoms with Gasteiger partial charge in [0.15, 0.2) is 0 Å². The van der Waals surface area contributed by atoms with Gasteiger partial charge in [0, 0.05) is 18.6 Å². The summed E-state index contributed by atoms with van der Waals surface area (Å²) in [6.45, 7) is 6.29. The maximum atomic E-state index is 12.0. The van der Waals surface area contributed by atoms with E-state index in [0.717, 1.165) is 18.5 Å². The van der Waals surface area contributed by atoms with Crippen LogP contribution in [0.2, 0.25) is 0 Å². The van der Waals surface area contributed by atoms with Crippen LogP contribution in [0.15, 0.2) is 18.3 Å². The number of pyridine rings is 1. The predicted molar refractivity (Wildman–Crippen MR) is 82.8 cm³/mol. The lowest BCUT2D eigenvalue weighted by Crippen LogP contribution is -2.51. The van der Waals surface area contributed by atoms with Crippen LogP contribution in [-0.2, 0) is 10.0 Å². The van der Waals surface area contributed by atoms with Crippen LogP contribution in [0, 0.1) is 0 Å². The third-order valence-corrected chi connectivity index (χ3v) is 3.45. The molecule has 118 valence electrons. The molecule has 1 rings (SSSR count). The highest BCUT2D eigenvalue weighted by Gasteiger charge is 2.23.